The molecule has 0 saturated heterocycles. The number of anilines is 4. The maximum Gasteiger partial charge on any atom is 0.263 e. The van der Waals surface area contributed by atoms with Crippen LogP contribution in [0.5, 0.6) is 5.75 Å². The summed E-state index contributed by atoms with van der Waals surface area (Å²) in [5, 5.41) is 6.00. The van der Waals surface area contributed by atoms with Gasteiger partial charge in [-0.25, -0.2) is 18.4 Å². The van der Waals surface area contributed by atoms with Gasteiger partial charge in [-0.15, -0.1) is 12.4 Å². The molecule has 13 heteroatoms. The minimum absolute atomic E-state index is 0. The molecule has 10 nitrogen and oxygen atoms in total. The number of methoxy groups -OCH3 is 1. The van der Waals surface area contributed by atoms with E-state index in [0.29, 0.717) is 27.5 Å². The van der Waals surface area contributed by atoms with Gasteiger partial charge in [0, 0.05) is 11.8 Å². The fourth-order valence-corrected chi connectivity index (χ4v) is 4.42. The second-order valence-electron chi connectivity index (χ2n) is 7.79. The van der Waals surface area contributed by atoms with Crippen LogP contribution in [0.4, 0.5) is 23.0 Å². The molecule has 0 radical (unpaired) electrons. The zero-order valence-corrected chi connectivity index (χ0v) is 22.1. The molecule has 0 aliphatic heterocycles. The van der Waals surface area contributed by atoms with Crippen molar-refractivity contribution in [2.24, 2.45) is 5.73 Å². The van der Waals surface area contributed by atoms with Crippen LogP contribution in [0.25, 0.3) is 11.0 Å². The maximum atomic E-state index is 13.3. The molecule has 0 saturated carbocycles. The van der Waals surface area contributed by atoms with Crippen LogP contribution in [0.3, 0.4) is 0 Å². The van der Waals surface area contributed by atoms with E-state index in [1.54, 1.807) is 48.5 Å². The molecule has 0 bridgehead atoms. The van der Waals surface area contributed by atoms with E-state index >= 15 is 0 Å². The Morgan fingerprint density at radius 1 is 1.00 bits per heavy atom. The monoisotopic (exact) mass is 562 g/mol. The Hall–Kier alpha value is -3.64. The van der Waals surface area contributed by atoms with Crippen LogP contribution in [0, 0.1) is 0 Å². The smallest absolute Gasteiger partial charge is 0.263 e. The molecule has 1 heterocycles. The number of hydrogen-bond donors (Lipinski definition) is 4. The van der Waals surface area contributed by atoms with E-state index in [9.17, 15) is 13.2 Å². The van der Waals surface area contributed by atoms with Gasteiger partial charge in [-0.1, -0.05) is 29.8 Å². The summed E-state index contributed by atoms with van der Waals surface area (Å²) in [6, 6.07) is 17.1. The summed E-state index contributed by atoms with van der Waals surface area (Å²) >= 11 is 6.34. The first-order valence-corrected chi connectivity index (χ1v) is 12.6. The quantitative estimate of drug-likeness (QED) is 0.244. The lowest BCUT2D eigenvalue weighted by molar-refractivity contribution is -0.117. The molecule has 1 atom stereocenters. The van der Waals surface area contributed by atoms with Crippen molar-refractivity contribution in [2.45, 2.75) is 17.9 Å². The summed E-state index contributed by atoms with van der Waals surface area (Å²) in [4.78, 5) is 20.9. The van der Waals surface area contributed by atoms with Gasteiger partial charge in [0.25, 0.3) is 10.0 Å². The van der Waals surface area contributed by atoms with Gasteiger partial charge in [0.05, 0.1) is 39.8 Å². The largest absolute Gasteiger partial charge is 0.497 e. The van der Waals surface area contributed by atoms with Crippen molar-refractivity contribution in [3.8, 4) is 5.75 Å². The van der Waals surface area contributed by atoms with Crippen molar-refractivity contribution in [3.63, 3.8) is 0 Å². The number of ether oxygens (including phenoxy) is 1. The van der Waals surface area contributed by atoms with Gasteiger partial charge in [0.1, 0.15) is 5.75 Å². The number of para-hydroxylation sites is 2. The lowest BCUT2D eigenvalue weighted by Crippen LogP contribution is -2.32. The first-order valence-electron chi connectivity index (χ1n) is 10.7. The van der Waals surface area contributed by atoms with E-state index < -0.39 is 22.0 Å². The standard InChI is InChI=1S/C24H23ClN6O4S.ClH/c1-14(26)24(32)27-15-6-5-7-17(12-15)36(33,34)31-23-22(28-19-8-3-4-9-20(19)29-23)30-21-13-16(35-2)10-11-18(21)25;/h3-14H,26H2,1-2H3,(H,27,32)(H,28,30)(H,29,31);1H. The maximum absolute atomic E-state index is 13.3. The lowest BCUT2D eigenvalue weighted by atomic mass is 10.3. The number of halogens is 2. The Morgan fingerprint density at radius 3 is 2.32 bits per heavy atom. The number of nitrogens with zero attached hydrogens (tertiary/aromatic N) is 2. The van der Waals surface area contributed by atoms with Gasteiger partial charge >= 0.3 is 0 Å². The number of fused-ring (bicyclic) bond motifs is 1. The highest BCUT2D eigenvalue weighted by Crippen LogP contribution is 2.33. The molecular formula is C24H24Cl2N6O4S. The third-order valence-electron chi connectivity index (χ3n) is 5.05. The summed E-state index contributed by atoms with van der Waals surface area (Å²) in [5.41, 5.74) is 7.34. The minimum Gasteiger partial charge on any atom is -0.497 e. The number of aromatic nitrogens is 2. The van der Waals surface area contributed by atoms with Crippen LogP contribution < -0.4 is 25.8 Å². The van der Waals surface area contributed by atoms with Crippen molar-refractivity contribution in [2.75, 3.05) is 22.5 Å². The zero-order valence-electron chi connectivity index (χ0n) is 19.7. The summed E-state index contributed by atoms with van der Waals surface area (Å²) < 4.78 is 34.3. The predicted octanol–water partition coefficient (Wildman–Crippen LogP) is 4.54. The van der Waals surface area contributed by atoms with Crippen molar-refractivity contribution in [1.29, 1.82) is 0 Å². The van der Waals surface area contributed by atoms with Crippen LogP contribution >= 0.6 is 24.0 Å². The second-order valence-corrected chi connectivity index (χ2v) is 9.88. The Balaban J connectivity index is 0.00000380. The summed E-state index contributed by atoms with van der Waals surface area (Å²) in [5.74, 6) is 0.189. The highest BCUT2D eigenvalue weighted by molar-refractivity contribution is 7.92. The molecule has 194 valence electrons. The van der Waals surface area contributed by atoms with E-state index in [2.05, 4.69) is 25.3 Å². The van der Waals surface area contributed by atoms with E-state index in [-0.39, 0.29) is 34.6 Å². The highest BCUT2D eigenvalue weighted by atomic mass is 35.5. The molecular weight excluding hydrogens is 539 g/mol. The molecule has 0 spiro atoms. The SMILES string of the molecule is COc1ccc(Cl)c(Nc2nc3ccccc3nc2NS(=O)(=O)c2cccc(NC(=O)C(C)N)c2)c1.Cl. The first kappa shape index (κ1) is 27.9. The van der Waals surface area contributed by atoms with E-state index in [1.807, 2.05) is 0 Å². The lowest BCUT2D eigenvalue weighted by Gasteiger charge is -2.15. The molecule has 37 heavy (non-hydrogen) atoms. The number of nitrogens with one attached hydrogen (secondary N) is 3. The van der Waals surface area contributed by atoms with Crippen LogP contribution in [-0.2, 0) is 14.8 Å². The molecule has 1 aromatic heterocycles. The normalized spacial score (nSPS) is 11.8. The Morgan fingerprint density at radius 2 is 1.68 bits per heavy atom. The van der Waals surface area contributed by atoms with E-state index in [0.717, 1.165) is 0 Å². The number of benzene rings is 3. The van der Waals surface area contributed by atoms with Crippen LogP contribution in [-0.4, -0.2) is 37.4 Å². The number of rotatable bonds is 8. The van der Waals surface area contributed by atoms with E-state index in [4.69, 9.17) is 22.1 Å². The minimum atomic E-state index is -4.13. The fourth-order valence-electron chi connectivity index (χ4n) is 3.20. The fraction of sp³-hybridized carbons (Fsp3) is 0.125. The zero-order chi connectivity index (χ0) is 25.9. The van der Waals surface area contributed by atoms with Gasteiger partial charge in [-0.2, -0.15) is 0 Å². The highest BCUT2D eigenvalue weighted by Gasteiger charge is 2.20. The summed E-state index contributed by atoms with van der Waals surface area (Å²) in [7, 11) is -2.61. The number of hydrogen-bond acceptors (Lipinski definition) is 8. The first-order chi connectivity index (χ1) is 17.2. The van der Waals surface area contributed by atoms with Crippen LogP contribution in [0.2, 0.25) is 5.02 Å². The third kappa shape index (κ3) is 6.57. The Bertz CT molecular complexity index is 1550. The van der Waals surface area contributed by atoms with Crippen LogP contribution in [0.15, 0.2) is 71.6 Å². The van der Waals surface area contributed by atoms with Crippen molar-refractivity contribution >= 4 is 74.0 Å². The molecule has 1 unspecified atom stereocenters. The van der Waals surface area contributed by atoms with Crippen molar-refractivity contribution in [1.82, 2.24) is 9.97 Å². The van der Waals surface area contributed by atoms with Crippen molar-refractivity contribution < 1.29 is 17.9 Å². The predicted molar refractivity (Wildman–Crippen MR) is 148 cm³/mol. The summed E-state index contributed by atoms with van der Waals surface area (Å²) in [6.07, 6.45) is 0. The van der Waals surface area contributed by atoms with Crippen LogP contribution in [0.1, 0.15) is 6.92 Å². The van der Waals surface area contributed by atoms with Gasteiger partial charge in [0.15, 0.2) is 11.6 Å². The topological polar surface area (TPSA) is 148 Å². The van der Waals surface area contributed by atoms with Gasteiger partial charge in [-0.05, 0) is 49.4 Å². The van der Waals surface area contributed by atoms with Gasteiger partial charge in [0.2, 0.25) is 5.91 Å². The molecule has 0 fully saturated rings. The number of carbonyl (C=O) groups is 1. The molecule has 4 rings (SSSR count). The second kappa shape index (κ2) is 11.6. The molecule has 5 N–H and O–H groups in total. The number of nitrogens with two attached hydrogens (primary N) is 1. The number of carbonyl (C=O) groups excluding carboxylic acids is 1. The average molecular weight is 563 g/mol. The van der Waals surface area contributed by atoms with Gasteiger partial charge in [-0.3, -0.25) is 9.52 Å². The summed E-state index contributed by atoms with van der Waals surface area (Å²) in [6.45, 7) is 1.53. The molecule has 0 aliphatic rings. The molecule has 4 aromatic rings. The van der Waals surface area contributed by atoms with Gasteiger partial charge < -0.3 is 21.1 Å². The Kier molecular flexibility index (Phi) is 8.77. The Labute approximate surface area is 225 Å². The molecule has 3 aromatic carbocycles. The van der Waals surface area contributed by atoms with E-state index in [1.165, 1.54) is 32.2 Å². The molecule has 0 aliphatic carbocycles. The third-order valence-corrected chi connectivity index (χ3v) is 6.72. The number of amides is 1. The number of sulfonamides is 1. The van der Waals surface area contributed by atoms with Crippen molar-refractivity contribution in [3.05, 3.63) is 71.8 Å². The molecule has 1 amide bonds. The average Bonchev–Trinajstić information content (AvgIpc) is 2.85.